The summed E-state index contributed by atoms with van der Waals surface area (Å²) >= 11 is 23.2. The number of alkyl halides is 1. The number of hydrogen-bond donors (Lipinski definition) is 0. The number of ether oxygens (including phenoxy) is 1. The second-order valence-electron chi connectivity index (χ2n) is 3.52. The monoisotopic (exact) mass is 339 g/mol. The number of benzene rings is 1. The fraction of sp³-hybridized carbons (Fsp3) is 0.0833. The second kappa shape index (κ2) is 6.14. The minimum absolute atomic E-state index is 0.0137. The number of nitrogens with zero attached hydrogens (tertiary/aromatic N) is 1. The Morgan fingerprint density at radius 2 is 1.79 bits per heavy atom. The van der Waals surface area contributed by atoms with E-state index >= 15 is 0 Å². The smallest absolute Gasteiger partial charge is 0.256 e. The fourth-order valence-electron chi connectivity index (χ4n) is 1.32. The lowest BCUT2D eigenvalue weighted by Crippen LogP contribution is -1.96. The molecule has 0 fully saturated rings. The van der Waals surface area contributed by atoms with Gasteiger partial charge in [0.1, 0.15) is 5.75 Å². The molecule has 0 amide bonds. The Kier molecular flexibility index (Phi) is 4.74. The van der Waals surface area contributed by atoms with Gasteiger partial charge >= 0.3 is 0 Å². The van der Waals surface area contributed by atoms with E-state index < -0.39 is 5.82 Å². The van der Waals surface area contributed by atoms with Crippen LogP contribution in [0.5, 0.6) is 11.6 Å². The van der Waals surface area contributed by atoms with Crippen LogP contribution in [0.1, 0.15) is 5.56 Å². The highest BCUT2D eigenvalue weighted by molar-refractivity contribution is 6.43. The van der Waals surface area contributed by atoms with E-state index in [0.29, 0.717) is 0 Å². The van der Waals surface area contributed by atoms with Crippen molar-refractivity contribution in [3.8, 4) is 11.6 Å². The Morgan fingerprint density at radius 3 is 2.47 bits per heavy atom. The van der Waals surface area contributed by atoms with E-state index in [1.165, 1.54) is 24.4 Å². The summed E-state index contributed by atoms with van der Waals surface area (Å²) < 4.78 is 19.2. The maximum absolute atomic E-state index is 13.9. The molecule has 0 saturated carbocycles. The molecule has 19 heavy (non-hydrogen) atoms. The lowest BCUT2D eigenvalue weighted by molar-refractivity contribution is 0.420. The van der Waals surface area contributed by atoms with Gasteiger partial charge in [-0.15, -0.1) is 11.6 Å². The molecular weight excluding hydrogens is 335 g/mol. The van der Waals surface area contributed by atoms with E-state index in [0.717, 1.165) is 0 Å². The molecule has 1 heterocycles. The standard InChI is InChI=1S/C12H6Cl4FNO/c13-5-6-1-2-18-12(11(6)17)19-10-4-8(15)7(14)3-9(10)16/h1-4H,5H2. The van der Waals surface area contributed by atoms with Gasteiger partial charge in [0, 0.05) is 17.8 Å². The van der Waals surface area contributed by atoms with E-state index in [1.54, 1.807) is 0 Å². The van der Waals surface area contributed by atoms with Crippen LogP contribution >= 0.6 is 46.4 Å². The zero-order chi connectivity index (χ0) is 14.0. The maximum Gasteiger partial charge on any atom is 0.256 e. The molecule has 0 spiro atoms. The number of hydrogen-bond acceptors (Lipinski definition) is 2. The molecule has 0 saturated heterocycles. The lowest BCUT2D eigenvalue weighted by atomic mass is 10.3. The molecular formula is C12H6Cl4FNO. The minimum Gasteiger partial charge on any atom is -0.435 e. The second-order valence-corrected chi connectivity index (χ2v) is 5.01. The Balaban J connectivity index is 2.39. The molecule has 100 valence electrons. The first-order chi connectivity index (χ1) is 9.02. The van der Waals surface area contributed by atoms with Crippen molar-refractivity contribution in [3.05, 3.63) is 50.8 Å². The largest absolute Gasteiger partial charge is 0.435 e. The van der Waals surface area contributed by atoms with Crippen molar-refractivity contribution in [3.63, 3.8) is 0 Å². The van der Waals surface area contributed by atoms with Gasteiger partial charge in [0.25, 0.3) is 5.88 Å². The average molecular weight is 341 g/mol. The molecule has 2 nitrogen and oxygen atoms in total. The summed E-state index contributed by atoms with van der Waals surface area (Å²) in [6, 6.07) is 4.26. The first kappa shape index (κ1) is 14.7. The summed E-state index contributed by atoms with van der Waals surface area (Å²) in [6.45, 7) is 0. The van der Waals surface area contributed by atoms with Crippen LogP contribution < -0.4 is 4.74 Å². The summed E-state index contributed by atoms with van der Waals surface area (Å²) in [5, 5.41) is 0.726. The predicted octanol–water partition coefficient (Wildman–Crippen LogP) is 5.71. The van der Waals surface area contributed by atoms with Crippen LogP contribution in [0.15, 0.2) is 24.4 Å². The van der Waals surface area contributed by atoms with E-state index in [4.69, 9.17) is 51.1 Å². The number of rotatable bonds is 3. The van der Waals surface area contributed by atoms with Crippen molar-refractivity contribution in [2.45, 2.75) is 5.88 Å². The van der Waals surface area contributed by atoms with E-state index in [2.05, 4.69) is 4.98 Å². The molecule has 0 aliphatic carbocycles. The molecule has 0 aliphatic heterocycles. The average Bonchev–Trinajstić information content (AvgIpc) is 2.38. The van der Waals surface area contributed by atoms with E-state index in [9.17, 15) is 4.39 Å². The van der Waals surface area contributed by atoms with Crippen molar-refractivity contribution in [2.24, 2.45) is 0 Å². The van der Waals surface area contributed by atoms with E-state index in [-0.39, 0.29) is 38.1 Å². The van der Waals surface area contributed by atoms with Gasteiger partial charge in [-0.1, -0.05) is 34.8 Å². The molecule has 1 aromatic carbocycles. The molecule has 2 rings (SSSR count). The lowest BCUT2D eigenvalue weighted by Gasteiger charge is -2.09. The van der Waals surface area contributed by atoms with Gasteiger partial charge in [0.2, 0.25) is 0 Å². The molecule has 2 aromatic rings. The van der Waals surface area contributed by atoms with Crippen LogP contribution in [0.2, 0.25) is 15.1 Å². The summed E-state index contributed by atoms with van der Waals surface area (Å²) in [6.07, 6.45) is 1.39. The van der Waals surface area contributed by atoms with Crippen LogP contribution in [0.25, 0.3) is 0 Å². The third kappa shape index (κ3) is 3.23. The molecule has 0 atom stereocenters. The highest BCUT2D eigenvalue weighted by Gasteiger charge is 2.14. The first-order valence-electron chi connectivity index (χ1n) is 5.04. The molecule has 7 heteroatoms. The zero-order valence-electron chi connectivity index (χ0n) is 9.26. The molecule has 0 radical (unpaired) electrons. The summed E-state index contributed by atoms with van der Waals surface area (Å²) in [4.78, 5) is 3.78. The highest BCUT2D eigenvalue weighted by atomic mass is 35.5. The quantitative estimate of drug-likeness (QED) is 0.527. The Bertz CT molecular complexity index is 621. The van der Waals surface area contributed by atoms with Gasteiger partial charge in [0.05, 0.1) is 20.9 Å². The van der Waals surface area contributed by atoms with Crippen molar-refractivity contribution in [1.29, 1.82) is 0 Å². The summed E-state index contributed by atoms with van der Waals surface area (Å²) in [5.74, 6) is -0.688. The van der Waals surface area contributed by atoms with Crippen LogP contribution in [0.4, 0.5) is 4.39 Å². The van der Waals surface area contributed by atoms with Crippen molar-refractivity contribution < 1.29 is 9.13 Å². The third-order valence-electron chi connectivity index (χ3n) is 2.26. The maximum atomic E-state index is 13.9. The van der Waals surface area contributed by atoms with Gasteiger partial charge in [-0.05, 0) is 12.1 Å². The third-order valence-corrected chi connectivity index (χ3v) is 3.57. The Hall–Kier alpha value is -0.740. The van der Waals surface area contributed by atoms with E-state index in [1.807, 2.05) is 0 Å². The van der Waals surface area contributed by atoms with Crippen molar-refractivity contribution in [2.75, 3.05) is 0 Å². The van der Waals surface area contributed by atoms with Gasteiger partial charge in [-0.3, -0.25) is 0 Å². The normalized spacial score (nSPS) is 10.6. The molecule has 0 unspecified atom stereocenters. The van der Waals surface area contributed by atoms with Gasteiger partial charge < -0.3 is 4.74 Å². The van der Waals surface area contributed by atoms with Crippen LogP contribution in [-0.4, -0.2) is 4.98 Å². The Morgan fingerprint density at radius 1 is 1.11 bits per heavy atom. The Labute approximate surface area is 129 Å². The van der Waals surface area contributed by atoms with Crippen molar-refractivity contribution in [1.82, 2.24) is 4.98 Å². The predicted molar refractivity (Wildman–Crippen MR) is 75.3 cm³/mol. The topological polar surface area (TPSA) is 22.1 Å². The van der Waals surface area contributed by atoms with Gasteiger partial charge in [-0.25, -0.2) is 9.37 Å². The highest BCUT2D eigenvalue weighted by Crippen LogP contribution is 2.36. The van der Waals surface area contributed by atoms with Gasteiger partial charge in [0.15, 0.2) is 5.82 Å². The minimum atomic E-state index is -0.639. The van der Waals surface area contributed by atoms with Crippen LogP contribution in [-0.2, 0) is 5.88 Å². The number of halogens is 5. The molecule has 0 N–H and O–H groups in total. The molecule has 1 aromatic heterocycles. The number of aromatic nitrogens is 1. The zero-order valence-corrected chi connectivity index (χ0v) is 12.3. The molecule has 0 aliphatic rings. The fourth-order valence-corrected chi connectivity index (χ4v) is 2.10. The van der Waals surface area contributed by atoms with Crippen LogP contribution in [0, 0.1) is 5.82 Å². The first-order valence-corrected chi connectivity index (χ1v) is 6.71. The SMILES string of the molecule is Fc1c(CCl)ccnc1Oc1cc(Cl)c(Cl)cc1Cl. The van der Waals surface area contributed by atoms with Crippen molar-refractivity contribution >= 4 is 46.4 Å². The number of pyridine rings is 1. The van der Waals surface area contributed by atoms with Crippen LogP contribution in [0.3, 0.4) is 0 Å². The summed E-state index contributed by atoms with van der Waals surface area (Å²) in [7, 11) is 0. The summed E-state index contributed by atoms with van der Waals surface area (Å²) in [5.41, 5.74) is 0.280. The van der Waals surface area contributed by atoms with Gasteiger partial charge in [-0.2, -0.15) is 0 Å². The molecule has 0 bridgehead atoms.